The van der Waals surface area contributed by atoms with E-state index in [1.807, 2.05) is 18.2 Å². The van der Waals surface area contributed by atoms with Gasteiger partial charge in [0, 0.05) is 10.6 Å². The summed E-state index contributed by atoms with van der Waals surface area (Å²) >= 11 is 6.12. The molecule has 0 aromatic heterocycles. The third-order valence-corrected chi connectivity index (χ3v) is 4.88. The molecule has 0 atom stereocenters. The SMILES string of the molecule is C[NH+]1CC[NH+](CCOCCOc2ccc(Cl)cc2C(C)(C)C)CC1. The number of rotatable bonds is 7. The second kappa shape index (κ2) is 9.04. The summed E-state index contributed by atoms with van der Waals surface area (Å²) in [6.07, 6.45) is 0. The summed E-state index contributed by atoms with van der Waals surface area (Å²) in [6.45, 7) is 14.7. The molecule has 24 heavy (non-hydrogen) atoms. The third kappa shape index (κ3) is 6.25. The topological polar surface area (TPSA) is 27.3 Å². The molecule has 2 rings (SSSR count). The molecule has 136 valence electrons. The lowest BCUT2D eigenvalue weighted by Gasteiger charge is -2.27. The average Bonchev–Trinajstić information content (AvgIpc) is 2.52. The fourth-order valence-electron chi connectivity index (χ4n) is 3.02. The summed E-state index contributed by atoms with van der Waals surface area (Å²) in [6, 6.07) is 5.84. The van der Waals surface area contributed by atoms with Crippen molar-refractivity contribution in [3.05, 3.63) is 28.8 Å². The van der Waals surface area contributed by atoms with E-state index >= 15 is 0 Å². The van der Waals surface area contributed by atoms with Gasteiger partial charge in [0.05, 0.1) is 20.3 Å². The van der Waals surface area contributed by atoms with Crippen LogP contribution in [0.2, 0.25) is 5.02 Å². The van der Waals surface area contributed by atoms with Crippen molar-refractivity contribution in [3.8, 4) is 5.75 Å². The number of benzene rings is 1. The van der Waals surface area contributed by atoms with Crippen LogP contribution in [0.15, 0.2) is 18.2 Å². The normalized spacial score (nSPS) is 21.7. The zero-order chi connectivity index (χ0) is 17.6. The lowest BCUT2D eigenvalue weighted by atomic mass is 9.86. The third-order valence-electron chi connectivity index (χ3n) is 4.65. The van der Waals surface area contributed by atoms with Crippen molar-refractivity contribution in [2.24, 2.45) is 0 Å². The molecule has 0 aliphatic carbocycles. The van der Waals surface area contributed by atoms with Crippen LogP contribution in [-0.4, -0.2) is 59.6 Å². The fourth-order valence-corrected chi connectivity index (χ4v) is 3.20. The number of likely N-dealkylation sites (N-methyl/N-ethyl adjacent to an activating group) is 1. The first kappa shape index (κ1) is 19.5. The molecule has 1 aromatic carbocycles. The number of quaternary nitrogens is 2. The van der Waals surface area contributed by atoms with E-state index in [9.17, 15) is 0 Å². The van der Waals surface area contributed by atoms with E-state index in [2.05, 4.69) is 27.8 Å². The van der Waals surface area contributed by atoms with Gasteiger partial charge in [0.25, 0.3) is 0 Å². The van der Waals surface area contributed by atoms with Gasteiger partial charge in [-0.25, -0.2) is 0 Å². The number of hydrogen-bond acceptors (Lipinski definition) is 2. The Kier molecular flexibility index (Phi) is 7.35. The summed E-state index contributed by atoms with van der Waals surface area (Å²) < 4.78 is 11.7. The molecule has 1 fully saturated rings. The molecule has 1 saturated heterocycles. The summed E-state index contributed by atoms with van der Waals surface area (Å²) in [4.78, 5) is 3.31. The number of piperazine rings is 1. The second-order valence-corrected chi connectivity index (χ2v) is 8.24. The monoisotopic (exact) mass is 356 g/mol. The summed E-state index contributed by atoms with van der Waals surface area (Å²) in [5, 5.41) is 0.750. The second-order valence-electron chi connectivity index (χ2n) is 7.81. The highest BCUT2D eigenvalue weighted by Crippen LogP contribution is 2.33. The van der Waals surface area contributed by atoms with Gasteiger partial charge in [0.1, 0.15) is 45.1 Å². The Labute approximate surface area is 151 Å². The Morgan fingerprint density at radius 3 is 2.42 bits per heavy atom. The molecule has 0 spiro atoms. The molecule has 1 aliphatic heterocycles. The minimum atomic E-state index is 0.00780. The summed E-state index contributed by atoms with van der Waals surface area (Å²) in [7, 11) is 2.27. The van der Waals surface area contributed by atoms with Gasteiger partial charge in [-0.1, -0.05) is 32.4 Å². The van der Waals surface area contributed by atoms with Gasteiger partial charge < -0.3 is 19.3 Å². The Bertz CT molecular complexity index is 509. The molecule has 5 heteroatoms. The van der Waals surface area contributed by atoms with E-state index in [1.54, 1.807) is 9.80 Å². The molecule has 0 saturated carbocycles. The maximum absolute atomic E-state index is 6.12. The van der Waals surface area contributed by atoms with Crippen LogP contribution in [0.25, 0.3) is 0 Å². The van der Waals surface area contributed by atoms with Gasteiger partial charge in [0.15, 0.2) is 0 Å². The van der Waals surface area contributed by atoms with Crippen LogP contribution in [0.3, 0.4) is 0 Å². The van der Waals surface area contributed by atoms with Gasteiger partial charge in [-0.05, 0) is 23.6 Å². The number of ether oxygens (including phenoxy) is 2. The minimum Gasteiger partial charge on any atom is -0.491 e. The van der Waals surface area contributed by atoms with Crippen molar-refractivity contribution in [2.45, 2.75) is 26.2 Å². The number of nitrogens with one attached hydrogen (secondary N) is 2. The van der Waals surface area contributed by atoms with Crippen LogP contribution in [-0.2, 0) is 10.2 Å². The highest BCUT2D eigenvalue weighted by atomic mass is 35.5. The molecule has 0 amide bonds. The molecule has 0 unspecified atom stereocenters. The predicted molar refractivity (Wildman–Crippen MR) is 98.7 cm³/mol. The molecule has 0 bridgehead atoms. The molecule has 1 heterocycles. The number of halogens is 1. The van der Waals surface area contributed by atoms with Crippen molar-refractivity contribution < 1.29 is 19.3 Å². The van der Waals surface area contributed by atoms with Gasteiger partial charge in [-0.15, -0.1) is 0 Å². The largest absolute Gasteiger partial charge is 0.491 e. The van der Waals surface area contributed by atoms with Gasteiger partial charge in [0.2, 0.25) is 0 Å². The highest BCUT2D eigenvalue weighted by Gasteiger charge is 2.20. The van der Waals surface area contributed by atoms with E-state index in [1.165, 1.54) is 26.2 Å². The Balaban J connectivity index is 1.67. The molecular weight excluding hydrogens is 324 g/mol. The molecule has 1 aromatic rings. The zero-order valence-corrected chi connectivity index (χ0v) is 16.3. The predicted octanol–water partition coefficient (Wildman–Crippen LogP) is 0.446. The van der Waals surface area contributed by atoms with Crippen LogP contribution < -0.4 is 14.5 Å². The zero-order valence-electron chi connectivity index (χ0n) is 15.6. The van der Waals surface area contributed by atoms with Gasteiger partial charge in [-0.3, -0.25) is 0 Å². The minimum absolute atomic E-state index is 0.00780. The molecule has 1 aliphatic rings. The molecule has 4 nitrogen and oxygen atoms in total. The van der Waals surface area contributed by atoms with Crippen LogP contribution in [0, 0.1) is 0 Å². The standard InChI is InChI=1S/C19H31ClN2O2/c1-19(2,3)17-15-16(20)5-6-18(17)24-14-13-23-12-11-22-9-7-21(4)8-10-22/h5-6,15H,7-14H2,1-4H3/p+2. The first-order chi connectivity index (χ1) is 11.4. The van der Waals surface area contributed by atoms with Crippen LogP contribution in [0.1, 0.15) is 26.3 Å². The quantitative estimate of drug-likeness (QED) is 0.694. The fraction of sp³-hybridized carbons (Fsp3) is 0.684. The first-order valence-corrected chi connectivity index (χ1v) is 9.39. The van der Waals surface area contributed by atoms with Crippen molar-refractivity contribution >= 4 is 11.6 Å². The molecular formula is C19H33ClN2O2+2. The average molecular weight is 357 g/mol. The van der Waals surface area contributed by atoms with Gasteiger partial charge in [-0.2, -0.15) is 0 Å². The Morgan fingerprint density at radius 2 is 1.75 bits per heavy atom. The maximum atomic E-state index is 6.12. The first-order valence-electron chi connectivity index (χ1n) is 9.01. The summed E-state index contributed by atoms with van der Waals surface area (Å²) in [5.41, 5.74) is 1.15. The highest BCUT2D eigenvalue weighted by molar-refractivity contribution is 6.30. The Hall–Kier alpha value is -0.810. The van der Waals surface area contributed by atoms with Crippen molar-refractivity contribution in [3.63, 3.8) is 0 Å². The van der Waals surface area contributed by atoms with Gasteiger partial charge >= 0.3 is 0 Å². The van der Waals surface area contributed by atoms with E-state index in [0.717, 1.165) is 29.5 Å². The number of hydrogen-bond donors (Lipinski definition) is 2. The van der Waals surface area contributed by atoms with E-state index in [-0.39, 0.29) is 5.41 Å². The molecule has 2 N–H and O–H groups in total. The van der Waals surface area contributed by atoms with Crippen LogP contribution in [0.5, 0.6) is 5.75 Å². The smallest absolute Gasteiger partial charge is 0.127 e. The van der Waals surface area contributed by atoms with E-state index in [4.69, 9.17) is 21.1 Å². The van der Waals surface area contributed by atoms with Crippen molar-refractivity contribution in [1.82, 2.24) is 0 Å². The summed E-state index contributed by atoms with van der Waals surface area (Å²) in [5.74, 6) is 0.906. The Morgan fingerprint density at radius 1 is 1.04 bits per heavy atom. The molecule has 0 radical (unpaired) electrons. The van der Waals surface area contributed by atoms with Crippen molar-refractivity contribution in [1.29, 1.82) is 0 Å². The maximum Gasteiger partial charge on any atom is 0.127 e. The van der Waals surface area contributed by atoms with E-state index in [0.29, 0.717) is 13.2 Å². The van der Waals surface area contributed by atoms with Crippen LogP contribution >= 0.6 is 11.6 Å². The lowest BCUT2D eigenvalue weighted by Crippen LogP contribution is -3.27. The van der Waals surface area contributed by atoms with E-state index < -0.39 is 0 Å². The van der Waals surface area contributed by atoms with Crippen LogP contribution in [0.4, 0.5) is 0 Å². The lowest BCUT2D eigenvalue weighted by molar-refractivity contribution is -1.00. The van der Waals surface area contributed by atoms with Crippen molar-refractivity contribution in [2.75, 3.05) is 59.6 Å².